The van der Waals surface area contributed by atoms with Crippen LogP contribution in [-0.4, -0.2) is 30.3 Å². The van der Waals surface area contributed by atoms with Gasteiger partial charge in [-0.1, -0.05) is 28.9 Å². The molecule has 0 radical (unpaired) electrons. The number of carbonyl (C=O) groups excluding carboxylic acids is 1. The molecule has 1 amide bonds. The van der Waals surface area contributed by atoms with Crippen LogP contribution in [0.2, 0.25) is 5.02 Å². The van der Waals surface area contributed by atoms with E-state index in [4.69, 9.17) is 25.6 Å². The van der Waals surface area contributed by atoms with Crippen LogP contribution in [0.25, 0.3) is 0 Å². The summed E-state index contributed by atoms with van der Waals surface area (Å²) >= 11 is 7.70. The van der Waals surface area contributed by atoms with Crippen molar-refractivity contribution in [3.8, 4) is 11.5 Å². The number of rotatable bonds is 7. The Bertz CT molecular complexity index is 993. The van der Waals surface area contributed by atoms with E-state index in [0.29, 0.717) is 45.2 Å². The zero-order valence-electron chi connectivity index (χ0n) is 15.5. The summed E-state index contributed by atoms with van der Waals surface area (Å²) in [6.07, 6.45) is 0. The topological polar surface area (TPSA) is 86.5 Å². The molecule has 1 N–H and O–H groups in total. The summed E-state index contributed by atoms with van der Waals surface area (Å²) in [4.78, 5) is 17.8. The maximum absolute atomic E-state index is 12.9. The lowest BCUT2D eigenvalue weighted by molar-refractivity contribution is 0.102. The number of hydrogen-bond donors (Lipinski definition) is 1. The van der Waals surface area contributed by atoms with E-state index in [1.54, 1.807) is 31.2 Å². The van der Waals surface area contributed by atoms with Crippen molar-refractivity contribution in [2.24, 2.45) is 0 Å². The second kappa shape index (κ2) is 8.99. The molecule has 1 aromatic heterocycles. The molecule has 0 atom stereocenters. The van der Waals surface area contributed by atoms with E-state index in [0.717, 1.165) is 4.90 Å². The summed E-state index contributed by atoms with van der Waals surface area (Å²) in [5.74, 6) is 2.19. The average Bonchev–Trinajstić information content (AvgIpc) is 3.12. The minimum absolute atomic E-state index is 0.293. The maximum atomic E-state index is 12.9. The second-order valence-electron chi connectivity index (χ2n) is 5.66. The molecule has 7 nitrogen and oxygen atoms in total. The van der Waals surface area contributed by atoms with E-state index in [1.807, 2.05) is 12.1 Å². The van der Waals surface area contributed by atoms with Crippen LogP contribution in [0.1, 0.15) is 22.1 Å². The number of aryl methyl sites for hydroxylation is 1. The van der Waals surface area contributed by atoms with Crippen LogP contribution in [0.3, 0.4) is 0 Å². The predicted molar refractivity (Wildman–Crippen MR) is 108 cm³/mol. The summed E-state index contributed by atoms with van der Waals surface area (Å²) in [7, 11) is 3.04. The molecule has 1 heterocycles. The van der Waals surface area contributed by atoms with E-state index in [-0.39, 0.29) is 5.91 Å². The normalized spacial score (nSPS) is 10.6. The molecule has 2 aromatic carbocycles. The molecular formula is C19H18ClN3O4S. The first kappa shape index (κ1) is 20.0. The lowest BCUT2D eigenvalue weighted by atomic mass is 10.2. The number of anilines is 1. The molecule has 3 aromatic rings. The van der Waals surface area contributed by atoms with Gasteiger partial charge in [0, 0.05) is 17.0 Å². The molecule has 28 heavy (non-hydrogen) atoms. The Morgan fingerprint density at radius 2 is 1.93 bits per heavy atom. The van der Waals surface area contributed by atoms with Gasteiger partial charge in [0.25, 0.3) is 5.91 Å². The van der Waals surface area contributed by atoms with E-state index >= 15 is 0 Å². The number of hydrogen-bond acceptors (Lipinski definition) is 7. The number of carbonyl (C=O) groups is 1. The fraction of sp³-hybridized carbons (Fsp3) is 0.211. The van der Waals surface area contributed by atoms with Gasteiger partial charge in [-0.05, 0) is 19.1 Å². The quantitative estimate of drug-likeness (QED) is 0.560. The van der Waals surface area contributed by atoms with E-state index in [2.05, 4.69) is 15.5 Å². The minimum atomic E-state index is -0.293. The van der Waals surface area contributed by atoms with Crippen LogP contribution in [0, 0.1) is 6.92 Å². The molecule has 0 aliphatic carbocycles. The molecule has 146 valence electrons. The minimum Gasteiger partial charge on any atom is -0.493 e. The second-order valence-corrected chi connectivity index (χ2v) is 7.09. The van der Waals surface area contributed by atoms with Crippen molar-refractivity contribution in [2.45, 2.75) is 17.6 Å². The number of methoxy groups -OCH3 is 2. The molecule has 0 aliphatic rings. The lowest BCUT2D eigenvalue weighted by Crippen LogP contribution is -2.13. The van der Waals surface area contributed by atoms with Crippen LogP contribution in [0.15, 0.2) is 45.8 Å². The highest BCUT2D eigenvalue weighted by Gasteiger charge is 2.16. The molecular weight excluding hydrogens is 402 g/mol. The fourth-order valence-corrected chi connectivity index (χ4v) is 3.55. The summed E-state index contributed by atoms with van der Waals surface area (Å²) in [5.41, 5.74) is 0.936. The zero-order chi connectivity index (χ0) is 20.1. The van der Waals surface area contributed by atoms with Crippen molar-refractivity contribution in [1.82, 2.24) is 10.1 Å². The summed E-state index contributed by atoms with van der Waals surface area (Å²) in [5, 5.41) is 6.94. The van der Waals surface area contributed by atoms with E-state index < -0.39 is 0 Å². The number of nitrogens with zero attached hydrogens (tertiary/aromatic N) is 2. The third kappa shape index (κ3) is 4.58. The van der Waals surface area contributed by atoms with Crippen molar-refractivity contribution in [3.63, 3.8) is 0 Å². The van der Waals surface area contributed by atoms with Gasteiger partial charge in [-0.2, -0.15) is 4.98 Å². The maximum Gasteiger partial charge on any atom is 0.256 e. The number of aromatic nitrogens is 2. The van der Waals surface area contributed by atoms with Gasteiger partial charge >= 0.3 is 0 Å². The molecule has 0 saturated carbocycles. The first-order chi connectivity index (χ1) is 13.5. The Kier molecular flexibility index (Phi) is 6.43. The number of nitrogens with one attached hydrogen (secondary N) is 1. The van der Waals surface area contributed by atoms with Gasteiger partial charge in [0.05, 0.1) is 36.2 Å². The van der Waals surface area contributed by atoms with Crippen molar-refractivity contribution in [3.05, 3.63) is 58.7 Å². The lowest BCUT2D eigenvalue weighted by Gasteiger charge is -2.13. The van der Waals surface area contributed by atoms with Crippen LogP contribution < -0.4 is 14.8 Å². The Morgan fingerprint density at radius 1 is 1.21 bits per heavy atom. The Hall–Kier alpha value is -2.71. The van der Waals surface area contributed by atoms with Crippen LogP contribution >= 0.6 is 23.4 Å². The highest BCUT2D eigenvalue weighted by atomic mass is 35.5. The molecule has 9 heteroatoms. The van der Waals surface area contributed by atoms with E-state index in [1.165, 1.54) is 26.0 Å². The number of ether oxygens (including phenoxy) is 2. The predicted octanol–water partition coefficient (Wildman–Crippen LogP) is 4.59. The summed E-state index contributed by atoms with van der Waals surface area (Å²) in [6.45, 7) is 1.76. The van der Waals surface area contributed by atoms with Crippen molar-refractivity contribution in [2.75, 3.05) is 19.5 Å². The number of amides is 1. The van der Waals surface area contributed by atoms with Crippen molar-refractivity contribution < 1.29 is 18.8 Å². The van der Waals surface area contributed by atoms with Crippen LogP contribution in [0.4, 0.5) is 5.69 Å². The van der Waals surface area contributed by atoms with Crippen LogP contribution in [-0.2, 0) is 5.75 Å². The largest absolute Gasteiger partial charge is 0.493 e. The smallest absolute Gasteiger partial charge is 0.256 e. The third-order valence-corrected chi connectivity index (χ3v) is 5.14. The monoisotopic (exact) mass is 419 g/mol. The van der Waals surface area contributed by atoms with Gasteiger partial charge in [-0.3, -0.25) is 4.79 Å². The van der Waals surface area contributed by atoms with Gasteiger partial charge in [0.1, 0.15) is 0 Å². The molecule has 0 fully saturated rings. The Labute approximate surface area is 171 Å². The number of benzene rings is 2. The summed E-state index contributed by atoms with van der Waals surface area (Å²) < 4.78 is 15.6. The Balaban J connectivity index is 1.79. The zero-order valence-corrected chi connectivity index (χ0v) is 17.1. The van der Waals surface area contributed by atoms with Crippen molar-refractivity contribution >= 4 is 35.0 Å². The SMILES string of the molecule is COc1cc(Cl)c(NC(=O)c2ccccc2SCc2nc(C)no2)cc1OC. The van der Waals surface area contributed by atoms with Gasteiger partial charge in [-0.15, -0.1) is 11.8 Å². The molecule has 0 spiro atoms. The molecule has 3 rings (SSSR count). The van der Waals surface area contributed by atoms with Gasteiger partial charge in [0.2, 0.25) is 5.89 Å². The highest BCUT2D eigenvalue weighted by molar-refractivity contribution is 7.98. The van der Waals surface area contributed by atoms with Crippen molar-refractivity contribution in [1.29, 1.82) is 0 Å². The first-order valence-corrected chi connectivity index (χ1v) is 9.62. The van der Waals surface area contributed by atoms with Gasteiger partial charge in [-0.25, -0.2) is 0 Å². The third-order valence-electron chi connectivity index (χ3n) is 3.77. The Morgan fingerprint density at radius 3 is 2.61 bits per heavy atom. The van der Waals surface area contributed by atoms with E-state index in [9.17, 15) is 4.79 Å². The first-order valence-electron chi connectivity index (χ1n) is 8.25. The summed E-state index contributed by atoms with van der Waals surface area (Å²) in [6, 6.07) is 10.5. The van der Waals surface area contributed by atoms with Gasteiger partial charge in [0.15, 0.2) is 17.3 Å². The molecule has 0 unspecified atom stereocenters. The number of thioether (sulfide) groups is 1. The number of halogens is 1. The highest BCUT2D eigenvalue weighted by Crippen LogP contribution is 2.36. The van der Waals surface area contributed by atoms with Crippen LogP contribution in [0.5, 0.6) is 11.5 Å². The molecule has 0 bridgehead atoms. The van der Waals surface area contributed by atoms with Gasteiger partial charge < -0.3 is 19.3 Å². The fourth-order valence-electron chi connectivity index (χ4n) is 2.46. The molecule has 0 saturated heterocycles. The standard InChI is InChI=1S/C19H18ClN3O4S/c1-11-21-18(27-23-11)10-28-17-7-5-4-6-12(17)19(24)22-14-9-16(26-3)15(25-2)8-13(14)20/h4-9H,10H2,1-3H3,(H,22,24). The molecule has 0 aliphatic heterocycles. The average molecular weight is 420 g/mol.